The predicted molar refractivity (Wildman–Crippen MR) is 119 cm³/mol. The molecule has 2 aliphatic heterocycles. The number of carbonyl (C=O) groups is 2. The highest BCUT2D eigenvalue weighted by molar-refractivity contribution is 6.31. The van der Waals surface area contributed by atoms with Gasteiger partial charge in [0.1, 0.15) is 5.82 Å². The van der Waals surface area contributed by atoms with Crippen LogP contribution < -0.4 is 5.32 Å². The molecule has 5 nitrogen and oxygen atoms in total. The summed E-state index contributed by atoms with van der Waals surface area (Å²) in [7, 11) is 0. The highest BCUT2D eigenvalue weighted by Crippen LogP contribution is 2.48. The number of nitrogens with zero attached hydrogens (tertiary/aromatic N) is 2. The molecular weight excluding hydrogens is 417 g/mol. The molecule has 0 bridgehead atoms. The number of anilines is 1. The largest absolute Gasteiger partial charge is 0.356 e. The fourth-order valence-corrected chi connectivity index (χ4v) is 4.99. The second kappa shape index (κ2) is 6.95. The van der Waals surface area contributed by atoms with Gasteiger partial charge < -0.3 is 9.88 Å². The second-order valence-electron chi connectivity index (χ2n) is 8.31. The van der Waals surface area contributed by atoms with Crippen molar-refractivity contribution in [1.82, 2.24) is 9.47 Å². The van der Waals surface area contributed by atoms with Crippen molar-refractivity contribution in [3.63, 3.8) is 0 Å². The number of hydrogen-bond donors (Lipinski definition) is 1. The first kappa shape index (κ1) is 19.8. The number of imide groups is 1. The molecule has 0 aliphatic carbocycles. The summed E-state index contributed by atoms with van der Waals surface area (Å²) in [6, 6.07) is 10.4. The number of nitrogens with one attached hydrogen (secondary N) is 1. The van der Waals surface area contributed by atoms with Crippen molar-refractivity contribution in [3.8, 4) is 0 Å². The number of carbonyl (C=O) groups excluding carboxylic acids is 2. The van der Waals surface area contributed by atoms with Crippen LogP contribution in [0.3, 0.4) is 0 Å². The van der Waals surface area contributed by atoms with Crippen LogP contribution in [-0.2, 0) is 9.59 Å². The summed E-state index contributed by atoms with van der Waals surface area (Å²) >= 11 is 6.50. The number of halogens is 2. The minimum Gasteiger partial charge on any atom is -0.356 e. The van der Waals surface area contributed by atoms with Crippen LogP contribution in [0.25, 0.3) is 10.9 Å². The molecule has 1 aromatic heterocycles. The molecule has 5 rings (SSSR count). The van der Waals surface area contributed by atoms with E-state index in [1.165, 1.54) is 24.0 Å². The molecule has 1 atom stereocenters. The Morgan fingerprint density at radius 1 is 1.23 bits per heavy atom. The lowest BCUT2D eigenvalue weighted by molar-refractivity contribution is -0.139. The monoisotopic (exact) mass is 437 g/mol. The summed E-state index contributed by atoms with van der Waals surface area (Å²) in [4.78, 5) is 26.8. The lowest BCUT2D eigenvalue weighted by atomic mass is 9.84. The molecule has 2 aromatic carbocycles. The van der Waals surface area contributed by atoms with Crippen LogP contribution >= 0.6 is 11.6 Å². The Kier molecular flexibility index (Phi) is 4.45. The molecule has 31 heavy (non-hydrogen) atoms. The number of amides is 2. The maximum absolute atomic E-state index is 13.9. The van der Waals surface area contributed by atoms with Crippen molar-refractivity contribution < 1.29 is 14.0 Å². The Bertz CT molecular complexity index is 1310. The quantitative estimate of drug-likeness (QED) is 0.598. The van der Waals surface area contributed by atoms with Gasteiger partial charge in [-0.25, -0.2) is 4.39 Å². The first-order valence-corrected chi connectivity index (χ1v) is 10.6. The zero-order valence-electron chi connectivity index (χ0n) is 17.4. The molecule has 7 heteroatoms. The van der Waals surface area contributed by atoms with Gasteiger partial charge in [-0.1, -0.05) is 23.7 Å². The lowest BCUT2D eigenvalue weighted by Crippen LogP contribution is -2.33. The van der Waals surface area contributed by atoms with Gasteiger partial charge in [-0.2, -0.15) is 0 Å². The van der Waals surface area contributed by atoms with E-state index in [2.05, 4.69) is 23.7 Å². The van der Waals surface area contributed by atoms with E-state index < -0.39 is 11.7 Å². The van der Waals surface area contributed by atoms with Gasteiger partial charge in [0.05, 0.1) is 17.6 Å². The van der Waals surface area contributed by atoms with Crippen molar-refractivity contribution >= 4 is 40.0 Å². The van der Waals surface area contributed by atoms with Crippen LogP contribution in [0.4, 0.5) is 10.1 Å². The van der Waals surface area contributed by atoms with Gasteiger partial charge in [0, 0.05) is 46.9 Å². The molecule has 2 amide bonds. The Labute approximate surface area is 184 Å². The van der Waals surface area contributed by atoms with E-state index >= 15 is 0 Å². The van der Waals surface area contributed by atoms with Crippen LogP contribution in [0.15, 0.2) is 53.9 Å². The van der Waals surface area contributed by atoms with Gasteiger partial charge in [0.2, 0.25) is 5.91 Å². The molecule has 3 heterocycles. The summed E-state index contributed by atoms with van der Waals surface area (Å²) in [5.74, 6) is -1.64. The molecular formula is C24H21ClFN3O2. The molecule has 2 aliphatic rings. The molecule has 0 saturated heterocycles. The second-order valence-corrected chi connectivity index (χ2v) is 8.72. The maximum atomic E-state index is 13.9. The van der Waals surface area contributed by atoms with Gasteiger partial charge in [-0.05, 0) is 49.2 Å². The Balaban J connectivity index is 1.85. The standard InChI is InChI=1S/C24H21ClFN3O2/c1-12(2)28-10-16-21(15-8-7-14(26)9-17(15)25)23-19(11-29(13(3)30)24(23)31)27-18-5-4-6-20(28)22(16)18/h4-10,12,21,27H,11H2,1-3H3/t21-/m0/s1. The molecule has 1 N–H and O–H groups in total. The van der Waals surface area contributed by atoms with Crippen molar-refractivity contribution in [2.75, 3.05) is 11.9 Å². The number of rotatable bonds is 2. The number of benzene rings is 2. The number of aromatic nitrogens is 1. The topological polar surface area (TPSA) is 54.3 Å². The summed E-state index contributed by atoms with van der Waals surface area (Å²) in [5.41, 5.74) is 4.60. The Morgan fingerprint density at radius 3 is 2.68 bits per heavy atom. The minimum atomic E-state index is -0.529. The SMILES string of the molecule is CC(=O)N1CC2=C(C1=O)[C@@H](c1ccc(F)cc1Cl)c1cn(C(C)C)c3cccc(c13)N2. The summed E-state index contributed by atoms with van der Waals surface area (Å²) < 4.78 is 16.0. The van der Waals surface area contributed by atoms with Crippen molar-refractivity contribution in [2.45, 2.75) is 32.7 Å². The fraction of sp³-hybridized carbons (Fsp3) is 0.250. The van der Waals surface area contributed by atoms with Crippen molar-refractivity contribution in [1.29, 1.82) is 0 Å². The number of hydrogen-bond acceptors (Lipinski definition) is 3. The summed E-state index contributed by atoms with van der Waals surface area (Å²) in [6.45, 7) is 5.74. The van der Waals surface area contributed by atoms with Gasteiger partial charge in [0.15, 0.2) is 0 Å². The van der Waals surface area contributed by atoms with E-state index in [4.69, 9.17) is 11.6 Å². The summed E-state index contributed by atoms with van der Waals surface area (Å²) in [5, 5.41) is 4.66. The third kappa shape index (κ3) is 2.89. The van der Waals surface area contributed by atoms with E-state index in [-0.39, 0.29) is 29.4 Å². The zero-order valence-corrected chi connectivity index (χ0v) is 18.1. The Hall–Kier alpha value is -3.12. The smallest absolute Gasteiger partial charge is 0.259 e. The van der Waals surface area contributed by atoms with Gasteiger partial charge in [-0.15, -0.1) is 0 Å². The van der Waals surface area contributed by atoms with Crippen LogP contribution in [0.1, 0.15) is 43.9 Å². The molecule has 0 radical (unpaired) electrons. The van der Waals surface area contributed by atoms with Crippen LogP contribution in [0.2, 0.25) is 5.02 Å². The van der Waals surface area contributed by atoms with Gasteiger partial charge in [-0.3, -0.25) is 14.5 Å². The Morgan fingerprint density at radius 2 is 2.00 bits per heavy atom. The van der Waals surface area contributed by atoms with Gasteiger partial charge in [0.25, 0.3) is 5.91 Å². The third-order valence-corrected chi connectivity index (χ3v) is 6.43. The van der Waals surface area contributed by atoms with Crippen LogP contribution in [0, 0.1) is 5.82 Å². The fourth-order valence-electron chi connectivity index (χ4n) is 4.72. The molecule has 0 fully saturated rings. The molecule has 0 saturated carbocycles. The van der Waals surface area contributed by atoms with Crippen LogP contribution in [0.5, 0.6) is 0 Å². The lowest BCUT2D eigenvalue weighted by Gasteiger charge is -2.20. The van der Waals surface area contributed by atoms with E-state index in [0.29, 0.717) is 16.8 Å². The normalized spacial score (nSPS) is 17.9. The first-order chi connectivity index (χ1) is 14.8. The van der Waals surface area contributed by atoms with Crippen molar-refractivity contribution in [3.05, 3.63) is 75.8 Å². The third-order valence-electron chi connectivity index (χ3n) is 6.10. The van der Waals surface area contributed by atoms with Crippen LogP contribution in [-0.4, -0.2) is 27.8 Å². The average Bonchev–Trinajstić information content (AvgIpc) is 3.20. The van der Waals surface area contributed by atoms with E-state index in [0.717, 1.165) is 22.2 Å². The van der Waals surface area contributed by atoms with E-state index in [1.54, 1.807) is 6.07 Å². The maximum Gasteiger partial charge on any atom is 0.259 e. The van der Waals surface area contributed by atoms with Gasteiger partial charge >= 0.3 is 0 Å². The highest BCUT2D eigenvalue weighted by atomic mass is 35.5. The molecule has 3 aromatic rings. The van der Waals surface area contributed by atoms with Crippen molar-refractivity contribution in [2.24, 2.45) is 0 Å². The predicted octanol–water partition coefficient (Wildman–Crippen LogP) is 5.21. The molecule has 158 valence electrons. The first-order valence-electron chi connectivity index (χ1n) is 10.2. The average molecular weight is 438 g/mol. The van der Waals surface area contributed by atoms with E-state index in [1.807, 2.05) is 24.4 Å². The highest BCUT2D eigenvalue weighted by Gasteiger charge is 2.42. The minimum absolute atomic E-state index is 0.170. The summed E-state index contributed by atoms with van der Waals surface area (Å²) in [6.07, 6.45) is 2.05. The zero-order chi connectivity index (χ0) is 22.0. The molecule has 0 unspecified atom stereocenters. The van der Waals surface area contributed by atoms with E-state index in [9.17, 15) is 14.0 Å². The molecule has 0 spiro atoms.